The normalized spacial score (nSPS) is 19.4. The van der Waals surface area contributed by atoms with Crippen molar-refractivity contribution in [1.82, 2.24) is 4.90 Å². The smallest absolute Gasteiger partial charge is 0.311 e. The molecule has 0 aliphatic carbocycles. The Balaban J connectivity index is 1.70. The summed E-state index contributed by atoms with van der Waals surface area (Å²) < 4.78 is 6.04. The first-order chi connectivity index (χ1) is 13.4. The van der Waals surface area contributed by atoms with E-state index in [1.807, 2.05) is 74.5 Å². The Labute approximate surface area is 165 Å². The fraction of sp³-hybridized carbons (Fsp3) is 0.391. The summed E-state index contributed by atoms with van der Waals surface area (Å²) >= 11 is 0. The van der Waals surface area contributed by atoms with Crippen LogP contribution in [0.15, 0.2) is 60.7 Å². The topological polar surface area (TPSA) is 66.8 Å². The van der Waals surface area contributed by atoms with Gasteiger partial charge in [-0.25, -0.2) is 0 Å². The van der Waals surface area contributed by atoms with Crippen LogP contribution < -0.4 is 0 Å². The van der Waals surface area contributed by atoms with E-state index < -0.39 is 11.4 Å². The number of likely N-dealkylation sites (tertiary alicyclic amines) is 1. The number of hydrogen-bond donors (Lipinski definition) is 1. The van der Waals surface area contributed by atoms with Gasteiger partial charge in [0.05, 0.1) is 5.41 Å². The van der Waals surface area contributed by atoms with E-state index in [0.717, 1.165) is 11.1 Å². The zero-order chi connectivity index (χ0) is 20.1. The fourth-order valence-electron chi connectivity index (χ4n) is 3.83. The van der Waals surface area contributed by atoms with Crippen molar-refractivity contribution in [1.29, 1.82) is 0 Å². The molecule has 0 saturated carbocycles. The monoisotopic (exact) mass is 381 g/mol. The molecule has 0 aromatic heterocycles. The van der Waals surface area contributed by atoms with E-state index in [4.69, 9.17) is 4.74 Å². The minimum Gasteiger partial charge on any atom is -0.481 e. The molecule has 2 aromatic carbocycles. The molecule has 0 spiro atoms. The highest BCUT2D eigenvalue weighted by atomic mass is 16.5. The fourth-order valence-corrected chi connectivity index (χ4v) is 3.83. The van der Waals surface area contributed by atoms with Gasteiger partial charge in [-0.2, -0.15) is 0 Å². The number of benzene rings is 2. The average Bonchev–Trinajstić information content (AvgIpc) is 3.17. The van der Waals surface area contributed by atoms with Gasteiger partial charge >= 0.3 is 5.97 Å². The van der Waals surface area contributed by atoms with E-state index in [9.17, 15) is 14.7 Å². The number of aliphatic carboxylic acids is 1. The average molecular weight is 381 g/mol. The first-order valence-electron chi connectivity index (χ1n) is 9.67. The van der Waals surface area contributed by atoms with Gasteiger partial charge in [0.1, 0.15) is 12.7 Å². The second-order valence-corrected chi connectivity index (χ2v) is 7.69. The van der Waals surface area contributed by atoms with Crippen LogP contribution >= 0.6 is 0 Å². The third-order valence-corrected chi connectivity index (χ3v) is 5.76. The predicted molar refractivity (Wildman–Crippen MR) is 107 cm³/mol. The Morgan fingerprint density at radius 2 is 1.57 bits per heavy atom. The van der Waals surface area contributed by atoms with Crippen LogP contribution in [0.5, 0.6) is 0 Å². The summed E-state index contributed by atoms with van der Waals surface area (Å²) in [5.74, 6) is -1.03. The van der Waals surface area contributed by atoms with Gasteiger partial charge in [0.15, 0.2) is 0 Å². The largest absolute Gasteiger partial charge is 0.481 e. The lowest BCUT2D eigenvalue weighted by atomic mass is 9.76. The molecule has 5 heteroatoms. The van der Waals surface area contributed by atoms with Crippen molar-refractivity contribution in [2.75, 3.05) is 19.7 Å². The summed E-state index contributed by atoms with van der Waals surface area (Å²) in [6.07, 6.45) is 0.135. The van der Waals surface area contributed by atoms with Crippen molar-refractivity contribution in [2.24, 2.45) is 11.3 Å². The van der Waals surface area contributed by atoms with Crippen molar-refractivity contribution < 1.29 is 19.4 Å². The van der Waals surface area contributed by atoms with E-state index in [-0.39, 0.29) is 31.1 Å². The first kappa shape index (κ1) is 20.1. The molecule has 1 aliphatic rings. The third kappa shape index (κ3) is 4.09. The molecule has 0 bridgehead atoms. The maximum absolute atomic E-state index is 12.8. The molecule has 1 aliphatic heterocycles. The van der Waals surface area contributed by atoms with Crippen LogP contribution in [0.3, 0.4) is 0 Å². The lowest BCUT2D eigenvalue weighted by molar-refractivity contribution is -0.151. The zero-order valence-electron chi connectivity index (χ0n) is 16.4. The van der Waals surface area contributed by atoms with E-state index in [0.29, 0.717) is 13.0 Å². The van der Waals surface area contributed by atoms with Gasteiger partial charge in [0.25, 0.3) is 0 Å². The number of amides is 1. The Bertz CT molecular complexity index is 766. The zero-order valence-corrected chi connectivity index (χ0v) is 16.4. The quantitative estimate of drug-likeness (QED) is 0.793. The standard InChI is InChI=1S/C23H27NO4/c1-17(2)23(22(26)27)13-14-24(16-23)20(25)15-28-21(18-9-5-3-6-10-18)19-11-7-4-8-12-19/h3-12,17,21H,13-16H2,1-2H3,(H,26,27). The molecule has 1 heterocycles. The van der Waals surface area contributed by atoms with Gasteiger partial charge in [0.2, 0.25) is 5.91 Å². The lowest BCUT2D eigenvalue weighted by Crippen LogP contribution is -2.41. The van der Waals surface area contributed by atoms with Crippen molar-refractivity contribution in [3.8, 4) is 0 Å². The molecular formula is C23H27NO4. The molecule has 1 unspecified atom stereocenters. The van der Waals surface area contributed by atoms with Crippen LogP contribution in [-0.2, 0) is 14.3 Å². The van der Waals surface area contributed by atoms with Crippen LogP contribution in [0, 0.1) is 11.3 Å². The summed E-state index contributed by atoms with van der Waals surface area (Å²) in [7, 11) is 0. The van der Waals surface area contributed by atoms with Crippen molar-refractivity contribution in [3.05, 3.63) is 71.8 Å². The number of carbonyl (C=O) groups excluding carboxylic acids is 1. The maximum Gasteiger partial charge on any atom is 0.311 e. The van der Waals surface area contributed by atoms with Gasteiger partial charge in [-0.15, -0.1) is 0 Å². The third-order valence-electron chi connectivity index (χ3n) is 5.76. The van der Waals surface area contributed by atoms with Gasteiger partial charge in [0, 0.05) is 13.1 Å². The Kier molecular flexibility index (Phi) is 6.15. The van der Waals surface area contributed by atoms with Crippen molar-refractivity contribution >= 4 is 11.9 Å². The highest BCUT2D eigenvalue weighted by molar-refractivity contribution is 5.81. The highest BCUT2D eigenvalue weighted by Gasteiger charge is 2.48. The van der Waals surface area contributed by atoms with Crippen molar-refractivity contribution in [2.45, 2.75) is 26.4 Å². The predicted octanol–water partition coefficient (Wildman–Crippen LogP) is 3.75. The number of ether oxygens (including phenoxy) is 1. The minimum atomic E-state index is -0.867. The molecule has 1 N–H and O–H groups in total. The number of hydrogen-bond acceptors (Lipinski definition) is 3. The lowest BCUT2D eigenvalue weighted by Gasteiger charge is -2.28. The van der Waals surface area contributed by atoms with E-state index in [1.165, 1.54) is 0 Å². The molecule has 1 saturated heterocycles. The molecular weight excluding hydrogens is 354 g/mol. The Morgan fingerprint density at radius 3 is 2.00 bits per heavy atom. The van der Waals surface area contributed by atoms with E-state index in [2.05, 4.69) is 0 Å². The first-order valence-corrected chi connectivity index (χ1v) is 9.67. The maximum atomic E-state index is 12.8. The summed E-state index contributed by atoms with van der Waals surface area (Å²) in [6.45, 7) is 4.42. The number of carbonyl (C=O) groups is 2. The highest BCUT2D eigenvalue weighted by Crippen LogP contribution is 2.38. The van der Waals surface area contributed by atoms with Gasteiger partial charge < -0.3 is 14.7 Å². The molecule has 2 aromatic rings. The van der Waals surface area contributed by atoms with Crippen LogP contribution in [0.1, 0.15) is 37.5 Å². The summed E-state index contributed by atoms with van der Waals surface area (Å²) in [4.78, 5) is 26.2. The van der Waals surface area contributed by atoms with Crippen LogP contribution in [0.2, 0.25) is 0 Å². The van der Waals surface area contributed by atoms with Crippen molar-refractivity contribution in [3.63, 3.8) is 0 Å². The van der Waals surface area contributed by atoms with Crippen LogP contribution in [-0.4, -0.2) is 41.6 Å². The van der Waals surface area contributed by atoms with Crippen LogP contribution in [0.4, 0.5) is 0 Å². The molecule has 5 nitrogen and oxygen atoms in total. The van der Waals surface area contributed by atoms with E-state index in [1.54, 1.807) is 4.90 Å². The molecule has 148 valence electrons. The number of carboxylic acid groups (broad SMARTS) is 1. The Morgan fingerprint density at radius 1 is 1.04 bits per heavy atom. The van der Waals surface area contributed by atoms with Gasteiger partial charge in [-0.3, -0.25) is 9.59 Å². The SMILES string of the molecule is CC(C)C1(C(=O)O)CCN(C(=O)COC(c2ccccc2)c2ccccc2)C1. The molecule has 1 amide bonds. The second-order valence-electron chi connectivity index (χ2n) is 7.69. The van der Waals surface area contributed by atoms with Gasteiger partial charge in [-0.1, -0.05) is 74.5 Å². The number of rotatable bonds is 7. The number of nitrogens with zero attached hydrogens (tertiary/aromatic N) is 1. The molecule has 1 fully saturated rings. The van der Waals surface area contributed by atoms with Crippen LogP contribution in [0.25, 0.3) is 0 Å². The van der Waals surface area contributed by atoms with Gasteiger partial charge in [-0.05, 0) is 23.5 Å². The molecule has 1 atom stereocenters. The Hall–Kier alpha value is -2.66. The molecule has 28 heavy (non-hydrogen) atoms. The minimum absolute atomic E-state index is 0.0369. The second kappa shape index (κ2) is 8.57. The summed E-state index contributed by atoms with van der Waals surface area (Å²) in [6, 6.07) is 19.6. The molecule has 0 radical (unpaired) electrons. The van der Waals surface area contributed by atoms with E-state index >= 15 is 0 Å². The summed E-state index contributed by atoms with van der Waals surface area (Å²) in [5.41, 5.74) is 1.09. The number of carboxylic acids is 1. The summed E-state index contributed by atoms with van der Waals surface area (Å²) in [5, 5.41) is 9.68. The molecule has 3 rings (SSSR count).